The first-order chi connectivity index (χ1) is 38.8. The van der Waals surface area contributed by atoms with Crippen molar-refractivity contribution in [3.8, 4) is 0 Å². The zero-order valence-electron chi connectivity index (χ0n) is 49.0. The van der Waals surface area contributed by atoms with E-state index in [4.69, 9.17) is 47.4 Å². The summed E-state index contributed by atoms with van der Waals surface area (Å²) in [6.45, 7) is 17.2. The van der Waals surface area contributed by atoms with Gasteiger partial charge in [-0.05, 0) is 116 Å². The van der Waals surface area contributed by atoms with E-state index >= 15 is 4.79 Å². The lowest BCUT2D eigenvalue weighted by Gasteiger charge is -2.71. The van der Waals surface area contributed by atoms with E-state index in [1.807, 2.05) is 0 Å². The number of fused-ring (bicyclic) bond motifs is 7. The molecule has 10 rings (SSSR count). The molecule has 0 radical (unpaired) electrons. The lowest BCUT2D eigenvalue weighted by molar-refractivity contribution is -0.374. The second kappa shape index (κ2) is 23.3. The number of carbonyl (C=O) groups is 1. The Hall–Kier alpha value is -1.71. The summed E-state index contributed by atoms with van der Waals surface area (Å²) in [5.74, 6) is -1.00. The summed E-state index contributed by atoms with van der Waals surface area (Å²) in [6.07, 6.45) is -29.2. The second-order valence-corrected chi connectivity index (χ2v) is 28.3. The van der Waals surface area contributed by atoms with Crippen LogP contribution in [0.15, 0.2) is 11.6 Å². The number of aliphatic hydroxyl groups is 14. The van der Waals surface area contributed by atoms with Crippen LogP contribution < -0.4 is 0 Å². The fourth-order valence-corrected chi connectivity index (χ4v) is 17.5. The number of ether oxygens (including phenoxy) is 10. The van der Waals surface area contributed by atoms with E-state index in [9.17, 15) is 71.5 Å². The van der Waals surface area contributed by atoms with E-state index in [0.717, 1.165) is 24.8 Å². The monoisotopic (exact) mass is 1190 g/mol. The number of carbonyl (C=O) groups excluding carboxylic acids is 1. The summed E-state index contributed by atoms with van der Waals surface area (Å²) in [5.41, 5.74) is -2.28. The van der Waals surface area contributed by atoms with E-state index in [0.29, 0.717) is 25.7 Å². The predicted octanol–water partition coefficient (Wildman–Crippen LogP) is -1.91. The van der Waals surface area contributed by atoms with Crippen molar-refractivity contribution in [1.82, 2.24) is 0 Å². The van der Waals surface area contributed by atoms with Gasteiger partial charge in [-0.15, -0.1) is 0 Å². The minimum absolute atomic E-state index is 0.129. The Morgan fingerprint density at radius 3 is 1.72 bits per heavy atom. The molecule has 0 bridgehead atoms. The van der Waals surface area contributed by atoms with Crippen LogP contribution in [-0.4, -0.2) is 251 Å². The largest absolute Gasteiger partial charge is 0.432 e. The van der Waals surface area contributed by atoms with Gasteiger partial charge in [-0.3, -0.25) is 4.79 Å². The van der Waals surface area contributed by atoms with Crippen LogP contribution in [-0.2, 0) is 52.2 Å². The summed E-state index contributed by atoms with van der Waals surface area (Å²) in [6, 6.07) is 0. The molecule has 25 heteroatoms. The van der Waals surface area contributed by atoms with Gasteiger partial charge in [0.25, 0.3) is 0 Å². The van der Waals surface area contributed by atoms with Gasteiger partial charge in [-0.1, -0.05) is 60.1 Å². The van der Waals surface area contributed by atoms with Gasteiger partial charge < -0.3 is 119 Å². The number of rotatable bonds is 11. The molecule has 25 nitrogen and oxygen atoms in total. The summed E-state index contributed by atoms with van der Waals surface area (Å²) < 4.78 is 59.6. The highest BCUT2D eigenvalue weighted by atomic mass is 16.8. The SMILES string of the molecule is C[C@@H]1O[C@@H](O[C@H]2CC[C@]3(C)[C@@H](CC[C@@]4(C)[C@H]3CC=C3[C@@H]5CC(C)(C)CC[C@@]5(C(=O)O[C@H]5OC[C@H](O)[C@@H](O)[C@H]5O[C@H]5O[C@H](C)[C@@H](O[C@H]6O[C@@H](CO)[C@H](O)[C@@H](O)[C@@H]6O)[C@H](O)[C@H]5O)[C@H](O)C[C@@]34C)C2(C)C)[C@H](O)[C@H](O)[C@@H]1O[C@@H]1OC[C@@H](O)[C@H](O)[C@H]1O. The minimum atomic E-state index is -1.93. The van der Waals surface area contributed by atoms with Crippen LogP contribution in [0.2, 0.25) is 0 Å². The summed E-state index contributed by atoms with van der Waals surface area (Å²) in [7, 11) is 0. The Labute approximate surface area is 483 Å². The molecule has 5 heterocycles. The number of allylic oxidation sites excluding steroid dienone is 2. The van der Waals surface area contributed by atoms with Crippen LogP contribution >= 0.6 is 0 Å². The third-order valence-corrected chi connectivity index (χ3v) is 22.7. The molecule has 9 fully saturated rings. The maximum absolute atomic E-state index is 15.4. The lowest BCUT2D eigenvalue weighted by atomic mass is 9.33. The molecule has 4 saturated carbocycles. The molecular weight excluding hydrogens is 1100 g/mol. The van der Waals surface area contributed by atoms with Crippen LogP contribution in [0.4, 0.5) is 0 Å². The van der Waals surface area contributed by atoms with Gasteiger partial charge >= 0.3 is 5.97 Å². The molecule has 0 aromatic carbocycles. The van der Waals surface area contributed by atoms with Crippen molar-refractivity contribution in [3.05, 3.63) is 11.6 Å². The molecule has 0 spiro atoms. The first-order valence-electron chi connectivity index (χ1n) is 30.0. The number of hydrogen-bond donors (Lipinski definition) is 14. The molecule has 5 aliphatic heterocycles. The smallest absolute Gasteiger partial charge is 0.317 e. The fraction of sp³-hybridized carbons (Fsp3) is 0.948. The van der Waals surface area contributed by atoms with Crippen molar-refractivity contribution in [2.75, 3.05) is 19.8 Å². The van der Waals surface area contributed by atoms with Crippen molar-refractivity contribution < 1.29 is 124 Å². The van der Waals surface area contributed by atoms with Crippen LogP contribution in [0.25, 0.3) is 0 Å². The Balaban J connectivity index is 0.845. The summed E-state index contributed by atoms with van der Waals surface area (Å²) in [5, 5.41) is 152. The summed E-state index contributed by atoms with van der Waals surface area (Å²) in [4.78, 5) is 15.4. The number of esters is 1. The van der Waals surface area contributed by atoms with Crippen LogP contribution in [0.1, 0.15) is 120 Å². The molecule has 476 valence electrons. The van der Waals surface area contributed by atoms with E-state index < -0.39 is 195 Å². The summed E-state index contributed by atoms with van der Waals surface area (Å²) >= 11 is 0. The maximum Gasteiger partial charge on any atom is 0.317 e. The van der Waals surface area contributed by atoms with Crippen LogP contribution in [0.3, 0.4) is 0 Å². The van der Waals surface area contributed by atoms with Gasteiger partial charge in [-0.2, -0.15) is 0 Å². The third-order valence-electron chi connectivity index (χ3n) is 22.7. The zero-order chi connectivity index (χ0) is 60.6. The normalized spacial score (nSPS) is 55.1. The number of aliphatic hydroxyl groups excluding tert-OH is 14. The third kappa shape index (κ3) is 10.6. The van der Waals surface area contributed by atoms with Crippen molar-refractivity contribution in [2.24, 2.45) is 50.2 Å². The molecule has 0 aromatic heterocycles. The van der Waals surface area contributed by atoms with Gasteiger partial charge in [0.2, 0.25) is 6.29 Å². The van der Waals surface area contributed by atoms with E-state index in [1.54, 1.807) is 6.92 Å². The quantitative estimate of drug-likeness (QED) is 0.0610. The molecule has 10 aliphatic rings. The van der Waals surface area contributed by atoms with E-state index in [-0.39, 0.29) is 47.5 Å². The average molecular weight is 1190 g/mol. The Bertz CT molecular complexity index is 2330. The minimum Gasteiger partial charge on any atom is -0.432 e. The van der Waals surface area contributed by atoms with Crippen molar-refractivity contribution in [2.45, 2.75) is 274 Å². The van der Waals surface area contributed by atoms with Crippen LogP contribution in [0.5, 0.6) is 0 Å². The molecule has 0 aromatic rings. The molecule has 14 N–H and O–H groups in total. The Morgan fingerprint density at radius 2 is 1.10 bits per heavy atom. The van der Waals surface area contributed by atoms with Crippen molar-refractivity contribution in [1.29, 1.82) is 0 Å². The van der Waals surface area contributed by atoms with Crippen molar-refractivity contribution >= 4 is 5.97 Å². The first kappa shape index (κ1) is 64.3. The highest BCUT2D eigenvalue weighted by Crippen LogP contribution is 2.76. The van der Waals surface area contributed by atoms with Crippen molar-refractivity contribution in [3.63, 3.8) is 0 Å². The average Bonchev–Trinajstić information content (AvgIpc) is 2.08. The topological polar surface area (TPSA) is 393 Å². The lowest BCUT2D eigenvalue weighted by Crippen LogP contribution is -2.68. The van der Waals surface area contributed by atoms with Gasteiger partial charge in [0.1, 0.15) is 97.0 Å². The molecule has 5 aliphatic carbocycles. The van der Waals surface area contributed by atoms with E-state index in [1.165, 1.54) is 6.92 Å². The standard InChI is InChI=1S/C58H94O25/c1-23-44(80-47-40(69)34(63)27(60)21-74-47)38(67)42(71)48(76-23)79-33-13-14-55(7)30(54(33,5)6)12-15-56(8)31(55)11-10-25-26-18-53(3,4)16-17-58(26,32(62)19-57(25,56)9)52(73)83-51-46(35(64)28(61)22-75-51)82-49-43(72)39(68)45(24(2)77-49)81-50-41(70)37(66)36(65)29(20-59)78-50/h10,23-24,26-51,59-72H,11-22H2,1-9H3/t23-,24+,26-,27+,28-,29-,30-,31-,32+,33-,34-,35+,36-,37+,38-,39+,40+,41-,42+,43+,44+,45+,46+,47-,48-,49+,50+,51+,55+,56-,57-,58-/m0/s1. The Morgan fingerprint density at radius 1 is 0.554 bits per heavy atom. The second-order valence-electron chi connectivity index (χ2n) is 28.3. The molecular formula is C58H94O25. The predicted molar refractivity (Wildman–Crippen MR) is 282 cm³/mol. The van der Waals surface area contributed by atoms with Gasteiger partial charge in [-0.25, -0.2) is 0 Å². The highest BCUT2D eigenvalue weighted by molar-refractivity contribution is 5.80. The first-order valence-corrected chi connectivity index (χ1v) is 30.0. The Kier molecular flexibility index (Phi) is 18.0. The van der Waals surface area contributed by atoms with Gasteiger partial charge in [0.15, 0.2) is 31.3 Å². The van der Waals surface area contributed by atoms with Gasteiger partial charge in [0.05, 0.1) is 44.2 Å². The molecule has 0 unspecified atom stereocenters. The number of hydrogen-bond acceptors (Lipinski definition) is 25. The maximum atomic E-state index is 15.4. The van der Waals surface area contributed by atoms with Crippen LogP contribution in [0, 0.1) is 50.2 Å². The zero-order valence-corrected chi connectivity index (χ0v) is 49.0. The molecule has 5 saturated heterocycles. The van der Waals surface area contributed by atoms with Gasteiger partial charge in [0, 0.05) is 0 Å². The fourth-order valence-electron chi connectivity index (χ4n) is 17.5. The molecule has 0 amide bonds. The van der Waals surface area contributed by atoms with E-state index in [2.05, 4.69) is 54.5 Å². The highest BCUT2D eigenvalue weighted by Gasteiger charge is 2.72. The molecule has 83 heavy (non-hydrogen) atoms. The molecule has 32 atom stereocenters.